The topological polar surface area (TPSA) is 20.3 Å². The zero-order valence-corrected chi connectivity index (χ0v) is 11.3. The summed E-state index contributed by atoms with van der Waals surface area (Å²) in [7, 11) is 0. The second-order valence-electron chi connectivity index (χ2n) is 4.92. The Labute approximate surface area is 119 Å². The van der Waals surface area contributed by atoms with Crippen molar-refractivity contribution in [3.63, 3.8) is 0 Å². The van der Waals surface area contributed by atoms with Gasteiger partial charge in [0.05, 0.1) is 0 Å². The van der Waals surface area contributed by atoms with Crippen LogP contribution in [-0.4, -0.2) is 17.4 Å². The van der Waals surface area contributed by atoms with E-state index in [0.717, 1.165) is 36.2 Å². The second kappa shape index (κ2) is 5.74. The first-order valence-electron chi connectivity index (χ1n) is 6.99. The van der Waals surface area contributed by atoms with Gasteiger partial charge in [-0.25, -0.2) is 0 Å². The maximum atomic E-state index is 12.7. The molecule has 100 valence electrons. The Hall–Kier alpha value is -2.35. The molecule has 1 heterocycles. The lowest BCUT2D eigenvalue weighted by Crippen LogP contribution is -2.32. The van der Waals surface area contributed by atoms with Crippen molar-refractivity contribution in [3.05, 3.63) is 77.9 Å². The predicted molar refractivity (Wildman–Crippen MR) is 81.1 cm³/mol. The molecule has 0 aromatic heterocycles. The van der Waals surface area contributed by atoms with Crippen molar-refractivity contribution in [2.75, 3.05) is 6.54 Å². The largest absolute Gasteiger partial charge is 0.308 e. The molecule has 0 aliphatic carbocycles. The molecule has 2 aromatic carbocycles. The van der Waals surface area contributed by atoms with Gasteiger partial charge in [0.15, 0.2) is 0 Å². The van der Waals surface area contributed by atoms with Gasteiger partial charge in [-0.3, -0.25) is 4.79 Å². The molecule has 0 unspecified atom stereocenters. The van der Waals surface area contributed by atoms with Crippen molar-refractivity contribution < 1.29 is 4.79 Å². The van der Waals surface area contributed by atoms with E-state index in [-0.39, 0.29) is 5.91 Å². The average molecular weight is 263 g/mol. The Kier molecular flexibility index (Phi) is 3.64. The molecule has 1 amide bonds. The standard InChI is InChI=1S/C18H17NO/c20-18(16-11-5-2-6-12-16)19-14-8-7-13-17(19)15-9-3-1-4-10-15/h1-6,9-13H,7-8,14H2. The van der Waals surface area contributed by atoms with E-state index in [4.69, 9.17) is 0 Å². The molecule has 0 atom stereocenters. The Morgan fingerprint density at radius 1 is 0.900 bits per heavy atom. The molecule has 0 spiro atoms. The summed E-state index contributed by atoms with van der Waals surface area (Å²) in [6, 6.07) is 19.6. The van der Waals surface area contributed by atoms with E-state index >= 15 is 0 Å². The van der Waals surface area contributed by atoms with E-state index < -0.39 is 0 Å². The number of allylic oxidation sites excluding steroid dienone is 1. The van der Waals surface area contributed by atoms with Gasteiger partial charge in [-0.15, -0.1) is 0 Å². The molecule has 1 aliphatic rings. The lowest BCUT2D eigenvalue weighted by Gasteiger charge is -2.29. The summed E-state index contributed by atoms with van der Waals surface area (Å²) in [5.41, 5.74) is 2.89. The molecule has 20 heavy (non-hydrogen) atoms. The van der Waals surface area contributed by atoms with Crippen LogP contribution < -0.4 is 0 Å². The predicted octanol–water partition coefficient (Wildman–Crippen LogP) is 3.96. The van der Waals surface area contributed by atoms with Gasteiger partial charge >= 0.3 is 0 Å². The second-order valence-corrected chi connectivity index (χ2v) is 4.92. The minimum Gasteiger partial charge on any atom is -0.308 e. The number of benzene rings is 2. The summed E-state index contributed by atoms with van der Waals surface area (Å²) in [6.07, 6.45) is 4.22. The summed E-state index contributed by atoms with van der Waals surface area (Å²) in [5.74, 6) is 0.0837. The van der Waals surface area contributed by atoms with Gasteiger partial charge in [-0.05, 0) is 30.5 Å². The Morgan fingerprint density at radius 3 is 2.25 bits per heavy atom. The first kappa shape index (κ1) is 12.7. The summed E-state index contributed by atoms with van der Waals surface area (Å²) in [5, 5.41) is 0. The highest BCUT2D eigenvalue weighted by atomic mass is 16.2. The van der Waals surface area contributed by atoms with Crippen LogP contribution in [0.4, 0.5) is 0 Å². The first-order chi connectivity index (χ1) is 9.86. The highest BCUT2D eigenvalue weighted by Gasteiger charge is 2.22. The molecule has 2 heteroatoms. The van der Waals surface area contributed by atoms with Gasteiger partial charge < -0.3 is 4.90 Å². The van der Waals surface area contributed by atoms with E-state index in [2.05, 4.69) is 18.2 Å². The van der Waals surface area contributed by atoms with Crippen LogP contribution in [0.25, 0.3) is 5.70 Å². The molecule has 0 saturated carbocycles. The number of hydrogen-bond donors (Lipinski definition) is 0. The number of carbonyl (C=O) groups excluding carboxylic acids is 1. The van der Waals surface area contributed by atoms with E-state index in [1.54, 1.807) is 0 Å². The van der Waals surface area contributed by atoms with Crippen molar-refractivity contribution in [2.45, 2.75) is 12.8 Å². The fraction of sp³-hybridized carbons (Fsp3) is 0.167. The third kappa shape index (κ3) is 2.50. The zero-order valence-electron chi connectivity index (χ0n) is 11.3. The molecular weight excluding hydrogens is 246 g/mol. The quantitative estimate of drug-likeness (QED) is 0.803. The van der Waals surface area contributed by atoms with Gasteiger partial charge in [-0.1, -0.05) is 54.6 Å². The van der Waals surface area contributed by atoms with Crippen molar-refractivity contribution in [3.8, 4) is 0 Å². The highest BCUT2D eigenvalue weighted by Crippen LogP contribution is 2.26. The monoisotopic (exact) mass is 263 g/mol. The van der Waals surface area contributed by atoms with Crippen molar-refractivity contribution in [2.24, 2.45) is 0 Å². The maximum absolute atomic E-state index is 12.7. The molecule has 0 saturated heterocycles. The van der Waals surface area contributed by atoms with Crippen LogP contribution >= 0.6 is 0 Å². The van der Waals surface area contributed by atoms with E-state index in [9.17, 15) is 4.79 Å². The fourth-order valence-corrected chi connectivity index (χ4v) is 2.55. The average Bonchev–Trinajstić information content (AvgIpc) is 2.56. The minimum atomic E-state index is 0.0837. The Bertz CT molecular complexity index is 616. The SMILES string of the molecule is O=C(c1ccccc1)N1CCCC=C1c1ccccc1. The summed E-state index contributed by atoms with van der Waals surface area (Å²) in [6.45, 7) is 0.786. The maximum Gasteiger partial charge on any atom is 0.258 e. The number of rotatable bonds is 2. The van der Waals surface area contributed by atoms with E-state index in [0.29, 0.717) is 0 Å². The van der Waals surface area contributed by atoms with Crippen LogP contribution in [0.3, 0.4) is 0 Å². The van der Waals surface area contributed by atoms with Gasteiger partial charge in [0.25, 0.3) is 5.91 Å². The molecular formula is C18H17NO. The molecule has 2 aromatic rings. The van der Waals surface area contributed by atoms with Crippen LogP contribution in [0.15, 0.2) is 66.7 Å². The summed E-state index contributed by atoms with van der Waals surface area (Å²) >= 11 is 0. The lowest BCUT2D eigenvalue weighted by atomic mass is 10.0. The minimum absolute atomic E-state index is 0.0837. The van der Waals surface area contributed by atoms with Crippen LogP contribution in [0, 0.1) is 0 Å². The van der Waals surface area contributed by atoms with Crippen molar-refractivity contribution in [1.82, 2.24) is 4.90 Å². The fourth-order valence-electron chi connectivity index (χ4n) is 2.55. The zero-order chi connectivity index (χ0) is 13.8. The summed E-state index contributed by atoms with van der Waals surface area (Å²) in [4.78, 5) is 14.6. The van der Waals surface area contributed by atoms with Gasteiger partial charge in [0, 0.05) is 17.8 Å². The lowest BCUT2D eigenvalue weighted by molar-refractivity contribution is 0.0830. The van der Waals surface area contributed by atoms with Crippen LogP contribution in [0.2, 0.25) is 0 Å². The van der Waals surface area contributed by atoms with E-state index in [1.165, 1.54) is 0 Å². The van der Waals surface area contributed by atoms with Gasteiger partial charge in [-0.2, -0.15) is 0 Å². The normalized spacial score (nSPS) is 14.8. The van der Waals surface area contributed by atoms with Gasteiger partial charge in [0.1, 0.15) is 0 Å². The molecule has 0 radical (unpaired) electrons. The first-order valence-corrected chi connectivity index (χ1v) is 6.99. The Morgan fingerprint density at radius 2 is 1.55 bits per heavy atom. The third-order valence-corrected chi connectivity index (χ3v) is 3.55. The van der Waals surface area contributed by atoms with E-state index in [1.807, 2.05) is 53.4 Å². The number of nitrogens with zero attached hydrogens (tertiary/aromatic N) is 1. The molecule has 0 N–H and O–H groups in total. The van der Waals surface area contributed by atoms with Gasteiger partial charge in [0.2, 0.25) is 0 Å². The number of hydrogen-bond acceptors (Lipinski definition) is 1. The molecule has 0 fully saturated rings. The molecule has 1 aliphatic heterocycles. The van der Waals surface area contributed by atoms with Crippen molar-refractivity contribution >= 4 is 11.6 Å². The summed E-state index contributed by atoms with van der Waals surface area (Å²) < 4.78 is 0. The molecule has 0 bridgehead atoms. The number of amides is 1. The van der Waals surface area contributed by atoms with Crippen LogP contribution in [0.5, 0.6) is 0 Å². The Balaban J connectivity index is 1.94. The highest BCUT2D eigenvalue weighted by molar-refractivity contribution is 5.99. The van der Waals surface area contributed by atoms with Crippen molar-refractivity contribution in [1.29, 1.82) is 0 Å². The molecule has 2 nitrogen and oxygen atoms in total. The smallest absolute Gasteiger partial charge is 0.258 e. The number of carbonyl (C=O) groups is 1. The van der Waals surface area contributed by atoms with Crippen LogP contribution in [0.1, 0.15) is 28.8 Å². The van der Waals surface area contributed by atoms with Crippen LogP contribution in [-0.2, 0) is 0 Å². The third-order valence-electron chi connectivity index (χ3n) is 3.55. The molecule has 3 rings (SSSR count).